The fourth-order valence-corrected chi connectivity index (χ4v) is 3.60. The van der Waals surface area contributed by atoms with E-state index < -0.39 is 10.0 Å². The Morgan fingerprint density at radius 1 is 1.53 bits per heavy atom. The van der Waals surface area contributed by atoms with Crippen LogP contribution in [0, 0.1) is 11.3 Å². The van der Waals surface area contributed by atoms with Crippen LogP contribution in [0.25, 0.3) is 0 Å². The van der Waals surface area contributed by atoms with Crippen LogP contribution in [0.15, 0.2) is 16.3 Å². The Hall–Kier alpha value is -0.940. The number of hydrogen-bond donors (Lipinski definition) is 0. The van der Waals surface area contributed by atoms with Gasteiger partial charge in [0.2, 0.25) is 0 Å². The summed E-state index contributed by atoms with van der Waals surface area (Å²) in [5.74, 6) is 0. The van der Waals surface area contributed by atoms with E-state index in [1.165, 1.54) is 23.5 Å². The lowest BCUT2D eigenvalue weighted by molar-refractivity contribution is 0.138. The summed E-state index contributed by atoms with van der Waals surface area (Å²) in [6.07, 6.45) is 0. The van der Waals surface area contributed by atoms with E-state index in [4.69, 9.17) is 10.00 Å². The highest BCUT2D eigenvalue weighted by Gasteiger charge is 2.22. The lowest BCUT2D eigenvalue weighted by Crippen LogP contribution is -2.29. The van der Waals surface area contributed by atoms with Gasteiger partial charge in [0.1, 0.15) is 15.2 Å². The van der Waals surface area contributed by atoms with Crippen LogP contribution < -0.4 is 0 Å². The molecule has 17 heavy (non-hydrogen) atoms. The minimum atomic E-state index is -3.49. The molecule has 0 bridgehead atoms. The third-order valence-corrected chi connectivity index (χ3v) is 5.42. The number of nitrogens with zero attached hydrogens (tertiary/aromatic N) is 2. The Labute approximate surface area is 105 Å². The van der Waals surface area contributed by atoms with Crippen LogP contribution in [0.4, 0.5) is 0 Å². The second kappa shape index (κ2) is 6.12. The van der Waals surface area contributed by atoms with Crippen molar-refractivity contribution in [2.45, 2.75) is 11.1 Å². The minimum absolute atomic E-state index is 0.188. The Bertz CT molecular complexity index is 502. The van der Waals surface area contributed by atoms with Crippen LogP contribution in [0.1, 0.15) is 11.8 Å². The summed E-state index contributed by atoms with van der Waals surface area (Å²) in [5.41, 5.74) is 0. The van der Waals surface area contributed by atoms with E-state index in [0.29, 0.717) is 24.6 Å². The first-order valence-corrected chi connectivity index (χ1v) is 7.32. The summed E-state index contributed by atoms with van der Waals surface area (Å²) in [4.78, 5) is 0.391. The average Bonchev–Trinajstić information content (AvgIpc) is 2.78. The third kappa shape index (κ3) is 3.51. The number of sulfonamides is 1. The second-order valence-electron chi connectivity index (χ2n) is 3.25. The van der Waals surface area contributed by atoms with Gasteiger partial charge in [-0.15, -0.1) is 11.3 Å². The molecule has 1 rings (SSSR count). The fraction of sp³-hybridized carbons (Fsp3) is 0.500. The molecule has 0 aliphatic rings. The lowest BCUT2D eigenvalue weighted by Gasteiger charge is -2.15. The van der Waals surface area contributed by atoms with Gasteiger partial charge in [-0.3, -0.25) is 0 Å². The molecule has 0 atom stereocenters. The van der Waals surface area contributed by atoms with Crippen molar-refractivity contribution in [1.29, 1.82) is 5.26 Å². The van der Waals surface area contributed by atoms with Crippen molar-refractivity contribution in [3.05, 3.63) is 17.0 Å². The molecule has 0 aliphatic carbocycles. The average molecular weight is 274 g/mol. The maximum atomic E-state index is 12.0. The Morgan fingerprint density at radius 2 is 2.24 bits per heavy atom. The minimum Gasteiger partial charge on any atom is -0.380 e. The number of thiophene rings is 1. The van der Waals surface area contributed by atoms with E-state index in [2.05, 4.69) is 0 Å². The molecule has 0 radical (unpaired) electrons. The van der Waals surface area contributed by atoms with E-state index in [0.717, 1.165) is 11.3 Å². The molecule has 0 unspecified atom stereocenters. The van der Waals surface area contributed by atoms with Crippen molar-refractivity contribution in [2.75, 3.05) is 26.8 Å². The summed E-state index contributed by atoms with van der Waals surface area (Å²) in [7, 11) is -1.99. The first-order chi connectivity index (χ1) is 8.02. The number of nitriles is 1. The zero-order chi connectivity index (χ0) is 12.9. The van der Waals surface area contributed by atoms with Crippen molar-refractivity contribution in [3.8, 4) is 6.07 Å². The van der Waals surface area contributed by atoms with Gasteiger partial charge in [0.05, 0.1) is 6.61 Å². The van der Waals surface area contributed by atoms with E-state index in [1.807, 2.05) is 13.0 Å². The molecule has 0 amide bonds. The molecule has 0 saturated carbocycles. The molecule has 1 heterocycles. The molecule has 0 fully saturated rings. The van der Waals surface area contributed by atoms with Crippen LogP contribution >= 0.6 is 11.3 Å². The zero-order valence-electron chi connectivity index (χ0n) is 9.71. The SMILES string of the molecule is CCOCCN(C)S(=O)(=O)c1ccc(C#N)s1. The molecule has 7 heteroatoms. The monoisotopic (exact) mass is 274 g/mol. The predicted octanol–water partition coefficient (Wildman–Crippen LogP) is 1.28. The third-order valence-electron chi connectivity index (χ3n) is 2.11. The highest BCUT2D eigenvalue weighted by atomic mass is 32.2. The standard InChI is InChI=1S/C10H14N2O3S2/c1-3-15-7-6-12(2)17(13,14)10-5-4-9(8-11)16-10/h4-5H,3,6-7H2,1-2H3. The summed E-state index contributed by atoms with van der Waals surface area (Å²) >= 11 is 0.976. The Morgan fingerprint density at radius 3 is 2.76 bits per heavy atom. The predicted molar refractivity (Wildman–Crippen MR) is 65.3 cm³/mol. The van der Waals surface area contributed by atoms with Crippen LogP contribution in [0.5, 0.6) is 0 Å². The van der Waals surface area contributed by atoms with Gasteiger partial charge in [-0.1, -0.05) is 0 Å². The van der Waals surface area contributed by atoms with Gasteiger partial charge < -0.3 is 4.74 Å². The molecular weight excluding hydrogens is 260 g/mol. The number of rotatable bonds is 6. The highest BCUT2D eigenvalue weighted by molar-refractivity contribution is 7.91. The molecule has 0 aromatic carbocycles. The van der Waals surface area contributed by atoms with E-state index in [-0.39, 0.29) is 4.21 Å². The molecule has 5 nitrogen and oxygen atoms in total. The molecule has 0 spiro atoms. The number of hydrogen-bond acceptors (Lipinski definition) is 5. The van der Waals surface area contributed by atoms with Gasteiger partial charge in [-0.25, -0.2) is 8.42 Å². The summed E-state index contributed by atoms with van der Waals surface area (Å²) in [6.45, 7) is 3.08. The zero-order valence-corrected chi connectivity index (χ0v) is 11.3. The first-order valence-electron chi connectivity index (χ1n) is 5.06. The second-order valence-corrected chi connectivity index (χ2v) is 6.61. The van der Waals surface area contributed by atoms with Crippen LogP contribution in [0.3, 0.4) is 0 Å². The van der Waals surface area contributed by atoms with E-state index >= 15 is 0 Å². The normalized spacial score (nSPS) is 11.6. The lowest BCUT2D eigenvalue weighted by atomic mass is 10.5. The van der Waals surface area contributed by atoms with Crippen LogP contribution in [-0.2, 0) is 14.8 Å². The van der Waals surface area contributed by atoms with Crippen molar-refractivity contribution in [3.63, 3.8) is 0 Å². The molecule has 1 aromatic rings. The van der Waals surface area contributed by atoms with Gasteiger partial charge in [-0.05, 0) is 19.1 Å². The summed E-state index contributed by atoms with van der Waals surface area (Å²) in [6, 6.07) is 4.88. The maximum absolute atomic E-state index is 12.0. The Kier molecular flexibility index (Phi) is 5.08. The molecule has 0 N–H and O–H groups in total. The van der Waals surface area contributed by atoms with Crippen molar-refractivity contribution in [2.24, 2.45) is 0 Å². The molecule has 0 saturated heterocycles. The van der Waals surface area contributed by atoms with E-state index in [1.54, 1.807) is 0 Å². The van der Waals surface area contributed by atoms with Gasteiger partial charge in [0, 0.05) is 20.2 Å². The highest BCUT2D eigenvalue weighted by Crippen LogP contribution is 2.23. The maximum Gasteiger partial charge on any atom is 0.252 e. The van der Waals surface area contributed by atoms with Gasteiger partial charge >= 0.3 is 0 Å². The summed E-state index contributed by atoms with van der Waals surface area (Å²) < 4.78 is 30.6. The van der Waals surface area contributed by atoms with Crippen LogP contribution in [-0.4, -0.2) is 39.5 Å². The largest absolute Gasteiger partial charge is 0.380 e. The first kappa shape index (κ1) is 14.1. The number of likely N-dealkylation sites (N-methyl/N-ethyl adjacent to an activating group) is 1. The van der Waals surface area contributed by atoms with Gasteiger partial charge in [-0.2, -0.15) is 9.57 Å². The van der Waals surface area contributed by atoms with E-state index in [9.17, 15) is 8.42 Å². The quantitative estimate of drug-likeness (QED) is 0.733. The number of ether oxygens (including phenoxy) is 1. The fourth-order valence-electron chi connectivity index (χ4n) is 1.13. The molecule has 0 aliphatic heterocycles. The van der Waals surface area contributed by atoms with Crippen LogP contribution in [0.2, 0.25) is 0 Å². The van der Waals surface area contributed by atoms with Crippen molar-refractivity contribution >= 4 is 21.4 Å². The molecule has 1 aromatic heterocycles. The van der Waals surface area contributed by atoms with Gasteiger partial charge in [0.15, 0.2) is 0 Å². The molecular formula is C10H14N2O3S2. The topological polar surface area (TPSA) is 70.4 Å². The Balaban J connectivity index is 2.77. The van der Waals surface area contributed by atoms with Gasteiger partial charge in [0.25, 0.3) is 10.0 Å². The summed E-state index contributed by atoms with van der Waals surface area (Å²) in [5, 5.41) is 8.66. The van der Waals surface area contributed by atoms with Crippen molar-refractivity contribution in [1.82, 2.24) is 4.31 Å². The van der Waals surface area contributed by atoms with Crippen molar-refractivity contribution < 1.29 is 13.2 Å². The smallest absolute Gasteiger partial charge is 0.252 e. The molecule has 94 valence electrons.